The predicted octanol–water partition coefficient (Wildman–Crippen LogP) is 3.19. The number of hydrogen-bond donors (Lipinski definition) is 0. The molecule has 2 aromatic rings. The van der Waals surface area contributed by atoms with Gasteiger partial charge in [0.1, 0.15) is 11.6 Å². The number of aryl methyl sites for hydroxylation is 1. The van der Waals surface area contributed by atoms with Crippen molar-refractivity contribution < 1.29 is 13.9 Å². The average Bonchev–Trinajstić information content (AvgIpc) is 2.74. The quantitative estimate of drug-likeness (QED) is 0.812. The van der Waals surface area contributed by atoms with E-state index in [0.717, 1.165) is 0 Å². The van der Waals surface area contributed by atoms with Crippen LogP contribution in [0, 0.1) is 5.82 Å². The van der Waals surface area contributed by atoms with Gasteiger partial charge in [-0.3, -0.25) is 4.79 Å². The number of aromatic nitrogens is 1. The van der Waals surface area contributed by atoms with Gasteiger partial charge in [-0.2, -0.15) is 0 Å². The third-order valence-electron chi connectivity index (χ3n) is 2.41. The summed E-state index contributed by atoms with van der Waals surface area (Å²) in [6.07, 6.45) is 3.52. The van der Waals surface area contributed by atoms with E-state index in [2.05, 4.69) is 15.9 Å². The average molecular weight is 312 g/mol. The Morgan fingerprint density at radius 3 is 2.83 bits per heavy atom. The minimum Gasteiger partial charge on any atom is -0.484 e. The van der Waals surface area contributed by atoms with Crippen LogP contribution in [0.4, 0.5) is 4.39 Å². The molecule has 0 unspecified atom stereocenters. The SMILES string of the molecule is Cn1ccc(C(=O)COc2ccc(F)cc2Br)c1. The molecule has 0 bridgehead atoms. The number of benzene rings is 1. The van der Waals surface area contributed by atoms with Crippen molar-refractivity contribution >= 4 is 21.7 Å². The fraction of sp³-hybridized carbons (Fsp3) is 0.154. The zero-order valence-corrected chi connectivity index (χ0v) is 11.3. The Bertz CT molecular complexity index is 580. The molecule has 18 heavy (non-hydrogen) atoms. The minimum atomic E-state index is -0.358. The van der Waals surface area contributed by atoms with Crippen LogP contribution in [0.3, 0.4) is 0 Å². The molecule has 0 fully saturated rings. The first-order valence-electron chi connectivity index (χ1n) is 5.29. The molecule has 0 aliphatic carbocycles. The van der Waals surface area contributed by atoms with Gasteiger partial charge in [0.05, 0.1) is 4.47 Å². The number of ether oxygens (including phenoxy) is 1. The van der Waals surface area contributed by atoms with Crippen molar-refractivity contribution in [1.29, 1.82) is 0 Å². The van der Waals surface area contributed by atoms with Crippen molar-refractivity contribution in [3.8, 4) is 5.75 Å². The summed E-state index contributed by atoms with van der Waals surface area (Å²) in [4.78, 5) is 11.8. The first-order valence-corrected chi connectivity index (χ1v) is 6.08. The number of halogens is 2. The maximum Gasteiger partial charge on any atom is 0.201 e. The maximum atomic E-state index is 12.9. The number of carbonyl (C=O) groups is 1. The van der Waals surface area contributed by atoms with Crippen LogP contribution in [-0.2, 0) is 7.05 Å². The summed E-state index contributed by atoms with van der Waals surface area (Å²) in [7, 11) is 1.84. The first-order chi connectivity index (χ1) is 8.56. The monoisotopic (exact) mass is 311 g/mol. The van der Waals surface area contributed by atoms with Gasteiger partial charge in [0.15, 0.2) is 6.61 Å². The van der Waals surface area contributed by atoms with Gasteiger partial charge in [-0.15, -0.1) is 0 Å². The smallest absolute Gasteiger partial charge is 0.201 e. The fourth-order valence-corrected chi connectivity index (χ4v) is 1.95. The standard InChI is InChI=1S/C13H11BrFNO2/c1-16-5-4-9(7-16)12(17)8-18-13-3-2-10(15)6-11(13)14/h2-7H,8H2,1H3. The zero-order chi connectivity index (χ0) is 13.1. The fourth-order valence-electron chi connectivity index (χ4n) is 1.49. The van der Waals surface area contributed by atoms with Gasteiger partial charge in [-0.05, 0) is 40.2 Å². The molecule has 0 aliphatic rings. The molecule has 0 saturated heterocycles. The molecule has 0 radical (unpaired) electrons. The first kappa shape index (κ1) is 12.8. The molecular formula is C13H11BrFNO2. The molecule has 94 valence electrons. The van der Waals surface area contributed by atoms with Crippen molar-refractivity contribution in [3.63, 3.8) is 0 Å². The molecule has 1 aromatic heterocycles. The van der Waals surface area contributed by atoms with Crippen LogP contribution in [0.1, 0.15) is 10.4 Å². The van der Waals surface area contributed by atoms with Crippen LogP contribution in [0.25, 0.3) is 0 Å². The lowest BCUT2D eigenvalue weighted by Gasteiger charge is -2.06. The van der Waals surface area contributed by atoms with Gasteiger partial charge in [-0.25, -0.2) is 4.39 Å². The molecule has 0 saturated carbocycles. The molecular weight excluding hydrogens is 301 g/mol. The van der Waals surface area contributed by atoms with E-state index in [-0.39, 0.29) is 18.2 Å². The van der Waals surface area contributed by atoms with E-state index in [0.29, 0.717) is 15.8 Å². The van der Waals surface area contributed by atoms with E-state index in [4.69, 9.17) is 4.74 Å². The lowest BCUT2D eigenvalue weighted by molar-refractivity contribution is 0.0921. The molecule has 0 spiro atoms. The molecule has 0 aliphatic heterocycles. The third kappa shape index (κ3) is 2.98. The van der Waals surface area contributed by atoms with Crippen LogP contribution in [0.5, 0.6) is 5.75 Å². The molecule has 1 heterocycles. The summed E-state index contributed by atoms with van der Waals surface area (Å²) in [5.41, 5.74) is 0.593. The molecule has 1 aromatic carbocycles. The Morgan fingerprint density at radius 1 is 1.44 bits per heavy atom. The number of ketones is 1. The highest BCUT2D eigenvalue weighted by Crippen LogP contribution is 2.25. The Hall–Kier alpha value is -1.62. The van der Waals surface area contributed by atoms with Gasteiger partial charge in [-0.1, -0.05) is 0 Å². The lowest BCUT2D eigenvalue weighted by Crippen LogP contribution is -2.11. The summed E-state index contributed by atoms with van der Waals surface area (Å²) in [5.74, 6) is -0.0314. The van der Waals surface area contributed by atoms with E-state index < -0.39 is 0 Å². The highest BCUT2D eigenvalue weighted by atomic mass is 79.9. The van der Waals surface area contributed by atoms with Crippen molar-refractivity contribution in [2.24, 2.45) is 7.05 Å². The van der Waals surface area contributed by atoms with E-state index in [1.54, 1.807) is 23.0 Å². The molecule has 3 nitrogen and oxygen atoms in total. The highest BCUT2D eigenvalue weighted by Gasteiger charge is 2.09. The Balaban J connectivity index is 2.01. The number of rotatable bonds is 4. The number of Topliss-reactive ketones (excluding diaryl/α,β-unsaturated/α-hetero) is 1. The van der Waals surface area contributed by atoms with Crippen molar-refractivity contribution in [3.05, 3.63) is 52.5 Å². The molecule has 0 atom stereocenters. The van der Waals surface area contributed by atoms with Crippen LogP contribution in [0.15, 0.2) is 41.1 Å². The van der Waals surface area contributed by atoms with E-state index in [1.807, 2.05) is 7.05 Å². The molecule has 2 rings (SSSR count). The normalized spacial score (nSPS) is 10.4. The second-order valence-corrected chi connectivity index (χ2v) is 4.71. The van der Waals surface area contributed by atoms with Crippen LogP contribution in [-0.4, -0.2) is 17.0 Å². The Kier molecular flexibility index (Phi) is 3.81. The molecule has 5 heteroatoms. The maximum absolute atomic E-state index is 12.9. The van der Waals surface area contributed by atoms with Gasteiger partial charge in [0, 0.05) is 25.0 Å². The summed E-state index contributed by atoms with van der Waals surface area (Å²) >= 11 is 3.18. The lowest BCUT2D eigenvalue weighted by atomic mass is 10.2. The van der Waals surface area contributed by atoms with Gasteiger partial charge in [0.25, 0.3) is 0 Å². The van der Waals surface area contributed by atoms with E-state index in [1.165, 1.54) is 18.2 Å². The Morgan fingerprint density at radius 2 is 2.22 bits per heavy atom. The van der Waals surface area contributed by atoms with Crippen LogP contribution in [0.2, 0.25) is 0 Å². The van der Waals surface area contributed by atoms with E-state index in [9.17, 15) is 9.18 Å². The van der Waals surface area contributed by atoms with Crippen molar-refractivity contribution in [2.75, 3.05) is 6.61 Å². The van der Waals surface area contributed by atoms with Crippen LogP contribution >= 0.6 is 15.9 Å². The summed E-state index contributed by atoms with van der Waals surface area (Å²) in [5, 5.41) is 0. The van der Waals surface area contributed by atoms with Gasteiger partial charge < -0.3 is 9.30 Å². The van der Waals surface area contributed by atoms with Crippen molar-refractivity contribution in [1.82, 2.24) is 4.57 Å². The predicted molar refractivity (Wildman–Crippen MR) is 69.3 cm³/mol. The largest absolute Gasteiger partial charge is 0.484 e. The number of hydrogen-bond acceptors (Lipinski definition) is 2. The Labute approximate surface area is 112 Å². The second kappa shape index (κ2) is 5.35. The van der Waals surface area contributed by atoms with Gasteiger partial charge in [0.2, 0.25) is 5.78 Å². The topological polar surface area (TPSA) is 31.2 Å². The number of nitrogens with zero attached hydrogens (tertiary/aromatic N) is 1. The van der Waals surface area contributed by atoms with Gasteiger partial charge >= 0.3 is 0 Å². The van der Waals surface area contributed by atoms with Crippen LogP contribution < -0.4 is 4.74 Å². The summed E-state index contributed by atoms with van der Waals surface area (Å²) in [6, 6.07) is 5.79. The molecule has 0 amide bonds. The van der Waals surface area contributed by atoms with E-state index >= 15 is 0 Å². The third-order valence-corrected chi connectivity index (χ3v) is 3.03. The van der Waals surface area contributed by atoms with Crippen molar-refractivity contribution in [2.45, 2.75) is 0 Å². The zero-order valence-electron chi connectivity index (χ0n) is 9.69. The highest BCUT2D eigenvalue weighted by molar-refractivity contribution is 9.10. The second-order valence-electron chi connectivity index (χ2n) is 3.85. The minimum absolute atomic E-state index is 0.0752. The summed E-state index contributed by atoms with van der Waals surface area (Å²) < 4.78 is 20.5. The summed E-state index contributed by atoms with van der Waals surface area (Å²) in [6.45, 7) is -0.0752. The molecule has 0 N–H and O–H groups in total. The number of carbonyl (C=O) groups excluding carboxylic acids is 1.